The zero-order chi connectivity index (χ0) is 13.7. The Morgan fingerprint density at radius 2 is 2.37 bits per heavy atom. The van der Waals surface area contributed by atoms with Crippen molar-refractivity contribution in [3.05, 3.63) is 29.3 Å². The first-order valence-corrected chi connectivity index (χ1v) is 6.99. The summed E-state index contributed by atoms with van der Waals surface area (Å²) in [6, 6.07) is 7.01. The van der Waals surface area contributed by atoms with Gasteiger partial charge in [0.25, 0.3) is 0 Å². The van der Waals surface area contributed by atoms with Gasteiger partial charge in [-0.2, -0.15) is 0 Å². The number of rotatable bonds is 5. The molecule has 2 rings (SSSR count). The molecule has 0 unspecified atom stereocenters. The first-order valence-electron chi connectivity index (χ1n) is 5.63. The van der Waals surface area contributed by atoms with Crippen molar-refractivity contribution in [2.24, 2.45) is 0 Å². The van der Waals surface area contributed by atoms with Crippen molar-refractivity contribution in [3.63, 3.8) is 0 Å². The molecule has 1 amide bonds. The van der Waals surface area contributed by atoms with E-state index in [1.807, 2.05) is 6.92 Å². The van der Waals surface area contributed by atoms with E-state index in [1.165, 1.54) is 11.8 Å². The molecule has 8 heteroatoms. The topological polar surface area (TPSA) is 72.7 Å². The van der Waals surface area contributed by atoms with Gasteiger partial charge in [0.15, 0.2) is 0 Å². The average molecular weight is 298 g/mol. The number of nitrogens with one attached hydrogen (secondary N) is 1. The first-order chi connectivity index (χ1) is 9.19. The highest BCUT2D eigenvalue weighted by Crippen LogP contribution is 2.17. The van der Waals surface area contributed by atoms with E-state index >= 15 is 0 Å². The van der Waals surface area contributed by atoms with Crippen LogP contribution in [0.25, 0.3) is 0 Å². The maximum absolute atomic E-state index is 11.8. The second-order valence-electron chi connectivity index (χ2n) is 3.62. The Kier molecular flexibility index (Phi) is 4.75. The van der Waals surface area contributed by atoms with Crippen LogP contribution in [0.4, 0.5) is 5.69 Å². The zero-order valence-electron chi connectivity index (χ0n) is 10.2. The molecule has 2 aromatic rings. The van der Waals surface area contributed by atoms with Gasteiger partial charge in [0.05, 0.1) is 5.75 Å². The minimum absolute atomic E-state index is 0.127. The lowest BCUT2D eigenvalue weighted by Gasteiger charge is -2.05. The summed E-state index contributed by atoms with van der Waals surface area (Å²) in [6.45, 7) is 2.61. The van der Waals surface area contributed by atoms with Gasteiger partial charge in [0.2, 0.25) is 11.1 Å². The third-order valence-electron chi connectivity index (χ3n) is 2.24. The Hall–Kier alpha value is -1.60. The van der Waals surface area contributed by atoms with Gasteiger partial charge in [-0.25, -0.2) is 4.68 Å². The number of thioether (sulfide) groups is 1. The lowest BCUT2D eigenvalue weighted by atomic mass is 10.3. The van der Waals surface area contributed by atoms with Crippen LogP contribution in [0.5, 0.6) is 0 Å². The molecule has 6 nitrogen and oxygen atoms in total. The molecule has 0 saturated heterocycles. The van der Waals surface area contributed by atoms with Crippen LogP contribution in [0.15, 0.2) is 29.4 Å². The van der Waals surface area contributed by atoms with Gasteiger partial charge >= 0.3 is 0 Å². The van der Waals surface area contributed by atoms with E-state index in [0.717, 1.165) is 0 Å². The van der Waals surface area contributed by atoms with Gasteiger partial charge in [-0.1, -0.05) is 29.4 Å². The Labute approximate surface area is 119 Å². The highest BCUT2D eigenvalue weighted by molar-refractivity contribution is 7.99. The number of carbonyl (C=O) groups excluding carboxylic acids is 1. The lowest BCUT2D eigenvalue weighted by Crippen LogP contribution is -2.14. The number of amides is 1. The molecule has 0 aliphatic rings. The fourth-order valence-electron chi connectivity index (χ4n) is 1.39. The average Bonchev–Trinajstić information content (AvgIpc) is 2.83. The van der Waals surface area contributed by atoms with E-state index in [0.29, 0.717) is 22.4 Å². The Morgan fingerprint density at radius 1 is 1.53 bits per heavy atom. The number of tetrazole rings is 1. The molecule has 0 bridgehead atoms. The fourth-order valence-corrected chi connectivity index (χ4v) is 2.32. The minimum Gasteiger partial charge on any atom is -0.325 e. The summed E-state index contributed by atoms with van der Waals surface area (Å²) in [6.07, 6.45) is 0. The molecular weight excluding hydrogens is 286 g/mol. The number of nitrogens with zero attached hydrogens (tertiary/aromatic N) is 4. The van der Waals surface area contributed by atoms with Crippen LogP contribution in [-0.2, 0) is 11.3 Å². The maximum atomic E-state index is 11.8. The normalized spacial score (nSPS) is 10.4. The number of carbonyl (C=O) groups is 1. The van der Waals surface area contributed by atoms with Gasteiger partial charge in [0, 0.05) is 17.3 Å². The maximum Gasteiger partial charge on any atom is 0.234 e. The Balaban J connectivity index is 1.88. The van der Waals surface area contributed by atoms with E-state index in [9.17, 15) is 4.79 Å². The summed E-state index contributed by atoms with van der Waals surface area (Å²) in [5.74, 6) is 0.116. The van der Waals surface area contributed by atoms with Crippen molar-refractivity contribution in [3.8, 4) is 0 Å². The summed E-state index contributed by atoms with van der Waals surface area (Å²) in [5.41, 5.74) is 0.674. The van der Waals surface area contributed by atoms with E-state index < -0.39 is 0 Å². The van der Waals surface area contributed by atoms with Gasteiger partial charge in [0.1, 0.15) is 0 Å². The van der Waals surface area contributed by atoms with Crippen LogP contribution >= 0.6 is 23.4 Å². The van der Waals surface area contributed by atoms with Gasteiger partial charge in [-0.05, 0) is 35.5 Å². The van der Waals surface area contributed by atoms with Crippen molar-refractivity contribution < 1.29 is 4.79 Å². The largest absolute Gasteiger partial charge is 0.325 e. The SMILES string of the molecule is CCn1nnnc1SCC(=O)Nc1cccc(Cl)c1. The summed E-state index contributed by atoms with van der Waals surface area (Å²) in [5, 5.41) is 15.2. The molecular formula is C11H12ClN5OS. The van der Waals surface area contributed by atoms with Crippen molar-refractivity contribution in [2.75, 3.05) is 11.1 Å². The standard InChI is InChI=1S/C11H12ClN5OS/c1-2-17-11(14-15-16-17)19-7-10(18)13-9-5-3-4-8(12)6-9/h3-6H,2,7H2,1H3,(H,13,18). The van der Waals surface area contributed by atoms with Crippen molar-refractivity contribution in [1.82, 2.24) is 20.2 Å². The number of benzene rings is 1. The van der Waals surface area contributed by atoms with Crippen molar-refractivity contribution in [1.29, 1.82) is 0 Å². The summed E-state index contributed by atoms with van der Waals surface area (Å²) >= 11 is 7.13. The first kappa shape index (κ1) is 13.8. The van der Waals surface area contributed by atoms with Crippen LogP contribution in [0.3, 0.4) is 0 Å². The van der Waals surface area contributed by atoms with E-state index in [-0.39, 0.29) is 11.7 Å². The fraction of sp³-hybridized carbons (Fsp3) is 0.273. The quantitative estimate of drug-likeness (QED) is 0.855. The Morgan fingerprint density at radius 3 is 3.11 bits per heavy atom. The summed E-state index contributed by atoms with van der Waals surface area (Å²) < 4.78 is 1.64. The molecule has 0 spiro atoms. The molecule has 1 aromatic heterocycles. The molecule has 1 aromatic carbocycles. The smallest absolute Gasteiger partial charge is 0.234 e. The molecule has 0 aliphatic heterocycles. The van der Waals surface area contributed by atoms with Gasteiger partial charge in [-0.3, -0.25) is 4.79 Å². The van der Waals surface area contributed by atoms with Crippen LogP contribution in [0.1, 0.15) is 6.92 Å². The highest BCUT2D eigenvalue weighted by atomic mass is 35.5. The third kappa shape index (κ3) is 3.93. The van der Waals surface area contributed by atoms with Crippen LogP contribution < -0.4 is 5.32 Å². The molecule has 19 heavy (non-hydrogen) atoms. The highest BCUT2D eigenvalue weighted by Gasteiger charge is 2.09. The number of aryl methyl sites for hydroxylation is 1. The molecule has 1 heterocycles. The number of aromatic nitrogens is 4. The van der Waals surface area contributed by atoms with Crippen LogP contribution in [-0.4, -0.2) is 31.9 Å². The Bertz CT molecular complexity index is 574. The number of hydrogen-bond donors (Lipinski definition) is 1. The molecule has 0 fully saturated rings. The van der Waals surface area contributed by atoms with Crippen molar-refractivity contribution in [2.45, 2.75) is 18.6 Å². The van der Waals surface area contributed by atoms with E-state index in [2.05, 4.69) is 20.8 Å². The number of halogens is 1. The van der Waals surface area contributed by atoms with Crippen molar-refractivity contribution >= 4 is 35.0 Å². The van der Waals surface area contributed by atoms with Crippen LogP contribution in [0.2, 0.25) is 5.02 Å². The number of anilines is 1. The molecule has 0 saturated carbocycles. The number of hydrogen-bond acceptors (Lipinski definition) is 5. The summed E-state index contributed by atoms with van der Waals surface area (Å²) in [7, 11) is 0. The zero-order valence-corrected chi connectivity index (χ0v) is 11.8. The third-order valence-corrected chi connectivity index (χ3v) is 3.43. The molecule has 0 aliphatic carbocycles. The van der Waals surface area contributed by atoms with E-state index in [4.69, 9.17) is 11.6 Å². The summed E-state index contributed by atoms with van der Waals surface area (Å²) in [4.78, 5) is 11.8. The molecule has 1 N–H and O–H groups in total. The lowest BCUT2D eigenvalue weighted by molar-refractivity contribution is -0.113. The van der Waals surface area contributed by atoms with Gasteiger partial charge in [-0.15, -0.1) is 5.10 Å². The van der Waals surface area contributed by atoms with Crippen LogP contribution in [0, 0.1) is 0 Å². The molecule has 0 radical (unpaired) electrons. The van der Waals surface area contributed by atoms with E-state index in [1.54, 1.807) is 28.9 Å². The monoisotopic (exact) mass is 297 g/mol. The molecule has 0 atom stereocenters. The van der Waals surface area contributed by atoms with Gasteiger partial charge < -0.3 is 5.32 Å². The predicted molar refractivity (Wildman–Crippen MR) is 74.3 cm³/mol. The second-order valence-corrected chi connectivity index (χ2v) is 5.00. The second kappa shape index (κ2) is 6.53. The molecule has 100 valence electrons. The predicted octanol–water partition coefficient (Wildman–Crippen LogP) is 2.08. The minimum atomic E-state index is -0.127.